The highest BCUT2D eigenvalue weighted by Crippen LogP contribution is 2.29. The van der Waals surface area contributed by atoms with E-state index >= 15 is 0 Å². The summed E-state index contributed by atoms with van der Waals surface area (Å²) in [5.41, 5.74) is 1.21. The van der Waals surface area contributed by atoms with E-state index in [4.69, 9.17) is 0 Å². The first kappa shape index (κ1) is 15.9. The molecule has 2 aromatic heterocycles. The molecule has 0 aliphatic carbocycles. The number of alkyl halides is 3. The number of benzene rings is 1. The van der Waals surface area contributed by atoms with E-state index in [9.17, 15) is 18.0 Å². The summed E-state index contributed by atoms with van der Waals surface area (Å²) < 4.78 is 39.1. The number of aromatic nitrogens is 2. The topological polar surface area (TPSA) is 58.4 Å². The first-order valence-corrected chi connectivity index (χ1v) is 7.07. The summed E-state index contributed by atoms with van der Waals surface area (Å²) in [6.45, 7) is 0.250. The van der Waals surface area contributed by atoms with Crippen LogP contribution >= 0.6 is 0 Å². The predicted molar refractivity (Wildman–Crippen MR) is 82.5 cm³/mol. The van der Waals surface area contributed by atoms with E-state index in [-0.39, 0.29) is 12.2 Å². The van der Waals surface area contributed by atoms with Crippen LogP contribution in [-0.2, 0) is 12.7 Å². The second-order valence-corrected chi connectivity index (χ2v) is 5.08. The zero-order valence-electron chi connectivity index (χ0n) is 12.3. The van der Waals surface area contributed by atoms with E-state index in [1.54, 1.807) is 16.9 Å². The van der Waals surface area contributed by atoms with Gasteiger partial charge in [0, 0.05) is 24.0 Å². The molecule has 0 unspecified atom stereocenters. The van der Waals surface area contributed by atoms with Crippen LogP contribution in [0.3, 0.4) is 0 Å². The predicted octanol–water partition coefficient (Wildman–Crippen LogP) is 3.67. The van der Waals surface area contributed by atoms with Crippen molar-refractivity contribution in [2.45, 2.75) is 12.7 Å². The van der Waals surface area contributed by atoms with Crippen molar-refractivity contribution in [3.05, 3.63) is 66.0 Å². The van der Waals surface area contributed by atoms with E-state index in [0.29, 0.717) is 0 Å². The van der Waals surface area contributed by atoms with Gasteiger partial charge < -0.3 is 10.6 Å². The molecule has 3 aromatic rings. The maximum absolute atomic E-state index is 12.5. The highest BCUT2D eigenvalue weighted by molar-refractivity contribution is 5.89. The van der Waals surface area contributed by atoms with Gasteiger partial charge in [0.1, 0.15) is 0 Å². The standard InChI is InChI=1S/C16H13F3N4O/c17-16(18,19)12-4-6-13(7-5-12)22-15(24)20-9-11-10-21-23-8-2-1-3-14(11)23/h1-8,10H,9H2,(H2,20,22,24). The molecule has 0 fully saturated rings. The quantitative estimate of drug-likeness (QED) is 0.768. The number of hydrogen-bond acceptors (Lipinski definition) is 2. The van der Waals surface area contributed by atoms with E-state index in [1.807, 2.05) is 18.2 Å². The Balaban J connectivity index is 1.60. The minimum absolute atomic E-state index is 0.250. The average Bonchev–Trinajstić information content (AvgIpc) is 2.96. The summed E-state index contributed by atoms with van der Waals surface area (Å²) in [6.07, 6.45) is -0.959. The van der Waals surface area contributed by atoms with Gasteiger partial charge in [0.2, 0.25) is 0 Å². The van der Waals surface area contributed by atoms with E-state index in [1.165, 1.54) is 12.1 Å². The number of nitrogens with one attached hydrogen (secondary N) is 2. The number of pyridine rings is 1. The van der Waals surface area contributed by atoms with Crippen molar-refractivity contribution in [1.29, 1.82) is 0 Å². The minimum Gasteiger partial charge on any atom is -0.334 e. The van der Waals surface area contributed by atoms with Crippen molar-refractivity contribution in [3.63, 3.8) is 0 Å². The second-order valence-electron chi connectivity index (χ2n) is 5.08. The highest BCUT2D eigenvalue weighted by Gasteiger charge is 2.29. The lowest BCUT2D eigenvalue weighted by molar-refractivity contribution is -0.137. The van der Waals surface area contributed by atoms with Gasteiger partial charge in [0.15, 0.2) is 0 Å². The normalized spacial score (nSPS) is 11.5. The molecule has 0 aliphatic heterocycles. The molecule has 0 bridgehead atoms. The van der Waals surface area contributed by atoms with Crippen molar-refractivity contribution in [1.82, 2.24) is 14.9 Å². The molecule has 0 spiro atoms. The molecule has 0 atom stereocenters. The number of urea groups is 1. The fourth-order valence-electron chi connectivity index (χ4n) is 2.22. The minimum atomic E-state index is -4.40. The summed E-state index contributed by atoms with van der Waals surface area (Å²) in [5, 5.41) is 9.28. The Kier molecular flexibility index (Phi) is 4.11. The summed E-state index contributed by atoms with van der Waals surface area (Å²) in [4.78, 5) is 11.9. The molecule has 3 rings (SSSR count). The number of nitrogens with zero attached hydrogens (tertiary/aromatic N) is 2. The van der Waals surface area contributed by atoms with Gasteiger partial charge in [-0.1, -0.05) is 6.07 Å². The maximum atomic E-state index is 12.5. The van der Waals surface area contributed by atoms with Gasteiger partial charge in [-0.25, -0.2) is 9.31 Å². The van der Waals surface area contributed by atoms with Crippen LogP contribution in [0.2, 0.25) is 0 Å². The van der Waals surface area contributed by atoms with Crippen LogP contribution in [0.1, 0.15) is 11.1 Å². The second kappa shape index (κ2) is 6.23. The summed E-state index contributed by atoms with van der Waals surface area (Å²) in [7, 11) is 0. The molecule has 1 aromatic carbocycles. The zero-order valence-corrected chi connectivity index (χ0v) is 12.3. The Labute approximate surface area is 135 Å². The Hall–Kier alpha value is -3.03. The van der Waals surface area contributed by atoms with Crippen molar-refractivity contribution in [2.75, 3.05) is 5.32 Å². The van der Waals surface area contributed by atoms with Gasteiger partial charge >= 0.3 is 12.2 Å². The number of hydrogen-bond donors (Lipinski definition) is 2. The van der Waals surface area contributed by atoms with Crippen LogP contribution in [0.5, 0.6) is 0 Å². The maximum Gasteiger partial charge on any atom is 0.416 e. The monoisotopic (exact) mass is 334 g/mol. The molecule has 124 valence electrons. The molecular weight excluding hydrogens is 321 g/mol. The molecule has 5 nitrogen and oxygen atoms in total. The first-order chi connectivity index (χ1) is 11.4. The number of fused-ring (bicyclic) bond motifs is 1. The molecular formula is C16H13F3N4O. The molecule has 24 heavy (non-hydrogen) atoms. The van der Waals surface area contributed by atoms with Gasteiger partial charge in [-0.15, -0.1) is 0 Å². The lowest BCUT2D eigenvalue weighted by atomic mass is 10.2. The molecule has 0 radical (unpaired) electrons. The van der Waals surface area contributed by atoms with Crippen LogP contribution in [-0.4, -0.2) is 15.6 Å². The third kappa shape index (κ3) is 3.48. The summed E-state index contributed by atoms with van der Waals surface area (Å²) in [6, 6.07) is 9.32. The number of rotatable bonds is 3. The molecule has 2 heterocycles. The third-order valence-electron chi connectivity index (χ3n) is 3.42. The van der Waals surface area contributed by atoms with Crippen LogP contribution < -0.4 is 10.6 Å². The van der Waals surface area contributed by atoms with Gasteiger partial charge in [-0.05, 0) is 36.4 Å². The fraction of sp³-hybridized carbons (Fsp3) is 0.125. The molecule has 2 N–H and O–H groups in total. The largest absolute Gasteiger partial charge is 0.416 e. The van der Waals surface area contributed by atoms with E-state index in [0.717, 1.165) is 23.2 Å². The summed E-state index contributed by atoms with van der Waals surface area (Å²) >= 11 is 0. The molecule has 0 aliphatic rings. The Morgan fingerprint density at radius 1 is 1.12 bits per heavy atom. The number of carbonyl (C=O) groups is 1. The van der Waals surface area contributed by atoms with Gasteiger partial charge in [-0.3, -0.25) is 0 Å². The lowest BCUT2D eigenvalue weighted by Gasteiger charge is -2.09. The Morgan fingerprint density at radius 2 is 1.88 bits per heavy atom. The van der Waals surface area contributed by atoms with Crippen LogP contribution in [0, 0.1) is 0 Å². The van der Waals surface area contributed by atoms with E-state index in [2.05, 4.69) is 15.7 Å². The van der Waals surface area contributed by atoms with Crippen LogP contribution in [0.4, 0.5) is 23.7 Å². The molecule has 2 amide bonds. The van der Waals surface area contributed by atoms with Gasteiger partial charge in [-0.2, -0.15) is 18.3 Å². The van der Waals surface area contributed by atoms with Gasteiger partial charge in [0.25, 0.3) is 0 Å². The highest BCUT2D eigenvalue weighted by atomic mass is 19.4. The number of carbonyl (C=O) groups excluding carboxylic acids is 1. The summed E-state index contributed by atoms with van der Waals surface area (Å²) in [5.74, 6) is 0. The van der Waals surface area contributed by atoms with Crippen LogP contribution in [0.15, 0.2) is 54.9 Å². The SMILES string of the molecule is O=C(NCc1cnn2ccccc12)Nc1ccc(C(F)(F)F)cc1. The zero-order chi connectivity index (χ0) is 17.2. The molecule has 0 saturated carbocycles. The van der Waals surface area contributed by atoms with Crippen molar-refractivity contribution in [2.24, 2.45) is 0 Å². The van der Waals surface area contributed by atoms with Crippen molar-refractivity contribution < 1.29 is 18.0 Å². The lowest BCUT2D eigenvalue weighted by Crippen LogP contribution is -2.28. The van der Waals surface area contributed by atoms with Crippen LogP contribution in [0.25, 0.3) is 5.52 Å². The third-order valence-corrected chi connectivity index (χ3v) is 3.42. The number of anilines is 1. The Morgan fingerprint density at radius 3 is 2.58 bits per heavy atom. The van der Waals surface area contributed by atoms with Gasteiger partial charge in [0.05, 0.1) is 17.3 Å². The average molecular weight is 334 g/mol. The molecule has 8 heteroatoms. The fourth-order valence-corrected chi connectivity index (χ4v) is 2.22. The van der Waals surface area contributed by atoms with Crippen molar-refractivity contribution in [3.8, 4) is 0 Å². The number of halogens is 3. The smallest absolute Gasteiger partial charge is 0.334 e. The van der Waals surface area contributed by atoms with E-state index < -0.39 is 17.8 Å². The molecule has 0 saturated heterocycles. The Bertz CT molecular complexity index is 856. The van der Waals surface area contributed by atoms with Crippen molar-refractivity contribution >= 4 is 17.2 Å². The first-order valence-electron chi connectivity index (χ1n) is 7.07. The number of amides is 2.